The largest absolute Gasteiger partial charge is 0.409 e. The minimum absolute atomic E-state index is 0.0181. The zero-order valence-electron chi connectivity index (χ0n) is 9.80. The fourth-order valence-corrected chi connectivity index (χ4v) is 1.42. The van der Waals surface area contributed by atoms with Crippen molar-refractivity contribution in [3.8, 4) is 0 Å². The maximum absolute atomic E-state index is 12.4. The van der Waals surface area contributed by atoms with Crippen LogP contribution in [0.15, 0.2) is 23.5 Å². The van der Waals surface area contributed by atoms with Gasteiger partial charge >= 0.3 is 6.18 Å². The monoisotopic (exact) mass is 278 g/mol. The van der Waals surface area contributed by atoms with Gasteiger partial charge in [-0.2, -0.15) is 13.2 Å². The van der Waals surface area contributed by atoms with E-state index < -0.39 is 19.3 Å². The smallest absolute Gasteiger partial charge is 0.405 e. The number of hydrogen-bond donors (Lipinski definition) is 3. The quantitative estimate of drug-likeness (QED) is 0.316. The second-order valence-electron chi connectivity index (χ2n) is 3.65. The summed E-state index contributed by atoms with van der Waals surface area (Å²) >= 11 is 0. The summed E-state index contributed by atoms with van der Waals surface area (Å²) in [6.07, 6.45) is -3.19. The van der Waals surface area contributed by atoms with Gasteiger partial charge in [0, 0.05) is 18.3 Å². The number of halogens is 3. The lowest BCUT2D eigenvalue weighted by molar-refractivity contribution is -0.120. The molecule has 0 aliphatic carbocycles. The van der Waals surface area contributed by atoms with Gasteiger partial charge in [0.25, 0.3) is 0 Å². The molecule has 0 saturated carbocycles. The van der Waals surface area contributed by atoms with Crippen molar-refractivity contribution >= 4 is 11.7 Å². The number of anilines is 1. The molecule has 0 unspecified atom stereocenters. The number of alkyl halides is 3. The van der Waals surface area contributed by atoms with Crippen LogP contribution in [0, 0.1) is 0 Å². The minimum Gasteiger partial charge on any atom is -0.409 e. The van der Waals surface area contributed by atoms with Gasteiger partial charge in [0.1, 0.15) is 12.4 Å². The van der Waals surface area contributed by atoms with Crippen molar-refractivity contribution in [2.75, 3.05) is 24.6 Å². The Morgan fingerprint density at radius 1 is 1.47 bits per heavy atom. The Hall–Kier alpha value is -2.03. The van der Waals surface area contributed by atoms with Gasteiger partial charge < -0.3 is 20.9 Å². The van der Waals surface area contributed by atoms with Gasteiger partial charge in [0.05, 0.1) is 6.61 Å². The Morgan fingerprint density at radius 3 is 2.68 bits per heavy atom. The van der Waals surface area contributed by atoms with E-state index in [0.29, 0.717) is 0 Å². The lowest BCUT2D eigenvalue weighted by Crippen LogP contribution is -2.37. The third kappa shape index (κ3) is 4.62. The summed E-state index contributed by atoms with van der Waals surface area (Å²) in [4.78, 5) is 4.64. The number of aliphatic hydroxyl groups excluding tert-OH is 1. The van der Waals surface area contributed by atoms with Crippen LogP contribution in [0.4, 0.5) is 19.0 Å². The molecule has 9 heteroatoms. The lowest BCUT2D eigenvalue weighted by atomic mass is 10.2. The summed E-state index contributed by atoms with van der Waals surface area (Å²) in [5.41, 5.74) is 5.58. The zero-order valence-corrected chi connectivity index (χ0v) is 9.80. The highest BCUT2D eigenvalue weighted by atomic mass is 19.4. The number of oxime groups is 1. The van der Waals surface area contributed by atoms with E-state index in [0.717, 1.165) is 4.90 Å². The molecule has 0 fully saturated rings. The second-order valence-corrected chi connectivity index (χ2v) is 3.65. The third-order valence-electron chi connectivity index (χ3n) is 2.21. The maximum atomic E-state index is 12.4. The summed E-state index contributed by atoms with van der Waals surface area (Å²) in [7, 11) is 0. The van der Waals surface area contributed by atoms with Crippen LogP contribution in [0.2, 0.25) is 0 Å². The van der Waals surface area contributed by atoms with Crippen LogP contribution in [0.3, 0.4) is 0 Å². The van der Waals surface area contributed by atoms with E-state index in [2.05, 4.69) is 10.1 Å². The van der Waals surface area contributed by atoms with Crippen LogP contribution in [-0.2, 0) is 0 Å². The van der Waals surface area contributed by atoms with E-state index in [1.807, 2.05) is 0 Å². The van der Waals surface area contributed by atoms with E-state index in [-0.39, 0.29) is 23.8 Å². The number of aromatic nitrogens is 1. The van der Waals surface area contributed by atoms with Gasteiger partial charge in [-0.15, -0.1) is 0 Å². The summed E-state index contributed by atoms with van der Waals surface area (Å²) in [6, 6.07) is 2.64. The molecule has 6 nitrogen and oxygen atoms in total. The van der Waals surface area contributed by atoms with Gasteiger partial charge in [0.15, 0.2) is 5.84 Å². The number of nitrogens with two attached hydrogens (primary N) is 1. The molecule has 1 heterocycles. The fraction of sp³-hybridized carbons (Fsp3) is 0.400. The van der Waals surface area contributed by atoms with Crippen LogP contribution in [-0.4, -0.2) is 47.0 Å². The number of nitrogens with zero attached hydrogens (tertiary/aromatic N) is 3. The molecule has 0 bridgehead atoms. The SMILES string of the molecule is N/C(=N/O)c1ccnc(N(CCO)CC(F)(F)F)c1. The van der Waals surface area contributed by atoms with E-state index in [1.54, 1.807) is 0 Å². The Labute approximate surface area is 107 Å². The molecule has 19 heavy (non-hydrogen) atoms. The van der Waals surface area contributed by atoms with Crippen molar-refractivity contribution < 1.29 is 23.5 Å². The molecule has 0 saturated heterocycles. The predicted molar refractivity (Wildman–Crippen MR) is 62.1 cm³/mol. The van der Waals surface area contributed by atoms with Crippen molar-refractivity contribution in [3.05, 3.63) is 23.9 Å². The molecule has 0 atom stereocenters. The van der Waals surface area contributed by atoms with Gasteiger partial charge in [-0.05, 0) is 12.1 Å². The van der Waals surface area contributed by atoms with Gasteiger partial charge in [-0.1, -0.05) is 5.16 Å². The molecular weight excluding hydrogens is 265 g/mol. The number of pyridine rings is 1. The van der Waals surface area contributed by atoms with Crippen molar-refractivity contribution in [2.24, 2.45) is 10.9 Å². The number of aliphatic hydroxyl groups is 1. The first kappa shape index (κ1) is 15.0. The van der Waals surface area contributed by atoms with Gasteiger partial charge in [-0.25, -0.2) is 4.98 Å². The molecule has 1 aromatic rings. The molecule has 1 rings (SSSR count). The summed E-state index contributed by atoms with van der Waals surface area (Å²) in [5.74, 6) is -0.255. The first-order valence-corrected chi connectivity index (χ1v) is 5.24. The third-order valence-corrected chi connectivity index (χ3v) is 2.21. The lowest BCUT2D eigenvalue weighted by Gasteiger charge is -2.24. The van der Waals surface area contributed by atoms with Crippen molar-refractivity contribution in [2.45, 2.75) is 6.18 Å². The van der Waals surface area contributed by atoms with Crippen LogP contribution in [0.1, 0.15) is 5.56 Å². The summed E-state index contributed by atoms with van der Waals surface area (Å²) in [6.45, 7) is -1.93. The van der Waals surface area contributed by atoms with E-state index in [4.69, 9.17) is 16.0 Å². The Kier molecular flexibility index (Phi) is 4.93. The highest BCUT2D eigenvalue weighted by Crippen LogP contribution is 2.21. The predicted octanol–water partition coefficient (Wildman–Crippen LogP) is 0.537. The van der Waals surface area contributed by atoms with Crippen molar-refractivity contribution in [1.29, 1.82) is 0 Å². The fourth-order valence-electron chi connectivity index (χ4n) is 1.42. The van der Waals surface area contributed by atoms with Gasteiger partial charge in [-0.3, -0.25) is 0 Å². The highest BCUT2D eigenvalue weighted by molar-refractivity contribution is 5.97. The molecule has 0 radical (unpaired) electrons. The summed E-state index contributed by atoms with van der Waals surface area (Å²) < 4.78 is 37.2. The van der Waals surface area contributed by atoms with Crippen LogP contribution >= 0.6 is 0 Å². The highest BCUT2D eigenvalue weighted by Gasteiger charge is 2.31. The molecule has 0 aliphatic rings. The van der Waals surface area contributed by atoms with E-state index in [9.17, 15) is 13.2 Å². The molecule has 0 aliphatic heterocycles. The molecule has 0 amide bonds. The number of amidine groups is 1. The van der Waals surface area contributed by atoms with Gasteiger partial charge in [0.2, 0.25) is 0 Å². The van der Waals surface area contributed by atoms with Crippen molar-refractivity contribution in [1.82, 2.24) is 4.98 Å². The molecule has 0 aromatic carbocycles. The zero-order chi connectivity index (χ0) is 14.5. The Balaban J connectivity index is 3.02. The van der Waals surface area contributed by atoms with Crippen molar-refractivity contribution in [3.63, 3.8) is 0 Å². The van der Waals surface area contributed by atoms with E-state index >= 15 is 0 Å². The molecule has 0 spiro atoms. The molecule has 1 aromatic heterocycles. The molecular formula is C10H13F3N4O2. The first-order chi connectivity index (χ1) is 8.87. The minimum atomic E-state index is -4.43. The maximum Gasteiger partial charge on any atom is 0.405 e. The average molecular weight is 278 g/mol. The molecule has 4 N–H and O–H groups in total. The van der Waals surface area contributed by atoms with E-state index in [1.165, 1.54) is 18.3 Å². The normalized spacial score (nSPS) is 12.5. The Morgan fingerprint density at radius 2 is 2.16 bits per heavy atom. The second kappa shape index (κ2) is 6.23. The molecule has 106 valence electrons. The summed E-state index contributed by atoms with van der Waals surface area (Å²) in [5, 5.41) is 20.1. The van der Waals surface area contributed by atoms with Crippen LogP contribution in [0.25, 0.3) is 0 Å². The Bertz CT molecular complexity index is 451. The van der Waals surface area contributed by atoms with Crippen LogP contribution < -0.4 is 10.6 Å². The number of rotatable bonds is 5. The number of hydrogen-bond acceptors (Lipinski definition) is 5. The standard InChI is InChI=1S/C10H13F3N4O2/c11-10(12,13)6-17(3-4-18)8-5-7(1-2-15-8)9(14)16-19/h1-2,5,18-19H,3-4,6H2,(H2,14,16). The average Bonchev–Trinajstić information content (AvgIpc) is 2.36. The topological polar surface area (TPSA) is 95.0 Å². The first-order valence-electron chi connectivity index (χ1n) is 5.24. The van der Waals surface area contributed by atoms with Crippen LogP contribution in [0.5, 0.6) is 0 Å².